The molecule has 0 aliphatic heterocycles. The molecule has 0 unspecified atom stereocenters. The number of amides is 1. The molecule has 1 N–H and O–H groups in total. The lowest BCUT2D eigenvalue weighted by molar-refractivity contribution is 0.0915. The van der Waals surface area contributed by atoms with Gasteiger partial charge in [-0.15, -0.1) is 0 Å². The van der Waals surface area contributed by atoms with Gasteiger partial charge in [0.05, 0.1) is 17.2 Å². The molecule has 0 spiro atoms. The number of hydrogen-bond acceptors (Lipinski definition) is 4. The molecule has 0 saturated heterocycles. The highest BCUT2D eigenvalue weighted by atomic mass is 16.3. The van der Waals surface area contributed by atoms with Crippen LogP contribution in [0.1, 0.15) is 30.1 Å². The number of carbonyl (C=O) groups is 1. The Morgan fingerprint density at radius 2 is 2.40 bits per heavy atom. The van der Waals surface area contributed by atoms with E-state index in [0.717, 1.165) is 0 Å². The van der Waals surface area contributed by atoms with E-state index in [1.54, 1.807) is 20.8 Å². The average molecular weight is 207 g/mol. The van der Waals surface area contributed by atoms with Crippen LogP contribution < -0.4 is 5.32 Å². The molecular formula is C10H13N3O2. The predicted molar refractivity (Wildman–Crippen MR) is 53.0 cm³/mol. The third-order valence-electron chi connectivity index (χ3n) is 1.95. The molecule has 1 rings (SSSR count). The molecule has 1 aromatic rings. The van der Waals surface area contributed by atoms with Crippen LogP contribution in [0.5, 0.6) is 0 Å². The first-order valence-corrected chi connectivity index (χ1v) is 4.56. The normalized spacial score (nSPS) is 10.8. The molecule has 0 aliphatic rings. The lowest BCUT2D eigenvalue weighted by Gasteiger charge is -2.14. The van der Waals surface area contributed by atoms with Crippen molar-refractivity contribution in [3.8, 4) is 6.07 Å². The highest BCUT2D eigenvalue weighted by molar-refractivity contribution is 5.92. The van der Waals surface area contributed by atoms with Crippen LogP contribution in [0.4, 0.5) is 0 Å². The lowest BCUT2D eigenvalue weighted by Crippen LogP contribution is -2.33. The monoisotopic (exact) mass is 207 g/mol. The topological polar surface area (TPSA) is 78.9 Å². The Labute approximate surface area is 88.1 Å². The van der Waals surface area contributed by atoms with Gasteiger partial charge in [0.2, 0.25) is 5.76 Å². The van der Waals surface area contributed by atoms with E-state index in [9.17, 15) is 4.79 Å². The van der Waals surface area contributed by atoms with Gasteiger partial charge in [-0.1, -0.05) is 0 Å². The third-order valence-corrected chi connectivity index (χ3v) is 1.95. The summed E-state index contributed by atoms with van der Waals surface area (Å²) in [6.45, 7) is 5.47. The van der Waals surface area contributed by atoms with Gasteiger partial charge in [0.15, 0.2) is 6.39 Å². The fraction of sp³-hybridized carbons (Fsp3) is 0.500. The molecule has 1 heterocycles. The van der Waals surface area contributed by atoms with E-state index in [-0.39, 0.29) is 18.2 Å². The van der Waals surface area contributed by atoms with Crippen LogP contribution in [0.3, 0.4) is 0 Å². The number of rotatable bonds is 3. The number of aromatic nitrogens is 1. The van der Waals surface area contributed by atoms with Crippen molar-refractivity contribution in [2.24, 2.45) is 5.41 Å². The number of nitriles is 1. The Morgan fingerprint density at radius 1 is 1.73 bits per heavy atom. The van der Waals surface area contributed by atoms with E-state index in [4.69, 9.17) is 9.68 Å². The Kier molecular flexibility index (Phi) is 3.10. The molecule has 0 radical (unpaired) electrons. The molecule has 0 aliphatic carbocycles. The zero-order valence-corrected chi connectivity index (χ0v) is 9.00. The van der Waals surface area contributed by atoms with Gasteiger partial charge in [0.25, 0.3) is 5.91 Å². The quantitative estimate of drug-likeness (QED) is 0.809. The van der Waals surface area contributed by atoms with Crippen molar-refractivity contribution in [1.29, 1.82) is 5.26 Å². The van der Waals surface area contributed by atoms with Gasteiger partial charge in [-0.2, -0.15) is 5.26 Å². The van der Waals surface area contributed by atoms with Crippen molar-refractivity contribution >= 4 is 5.91 Å². The first-order chi connectivity index (χ1) is 6.96. The van der Waals surface area contributed by atoms with Crippen molar-refractivity contribution in [3.05, 3.63) is 17.8 Å². The van der Waals surface area contributed by atoms with Crippen molar-refractivity contribution in [3.63, 3.8) is 0 Å². The molecule has 1 amide bonds. The van der Waals surface area contributed by atoms with Crippen molar-refractivity contribution < 1.29 is 9.21 Å². The number of nitrogens with one attached hydrogen (secondary N) is 1. The van der Waals surface area contributed by atoms with Crippen LogP contribution in [-0.2, 0) is 0 Å². The Hall–Kier alpha value is -1.83. The van der Waals surface area contributed by atoms with Gasteiger partial charge < -0.3 is 9.73 Å². The average Bonchev–Trinajstić information content (AvgIpc) is 2.61. The van der Waals surface area contributed by atoms with E-state index >= 15 is 0 Å². The van der Waals surface area contributed by atoms with Gasteiger partial charge in [-0.3, -0.25) is 4.79 Å². The minimum Gasteiger partial charge on any atom is -0.438 e. The van der Waals surface area contributed by atoms with E-state index in [1.807, 2.05) is 0 Å². The first kappa shape index (κ1) is 11.2. The fourth-order valence-corrected chi connectivity index (χ4v) is 0.941. The van der Waals surface area contributed by atoms with E-state index in [0.29, 0.717) is 5.69 Å². The van der Waals surface area contributed by atoms with Crippen molar-refractivity contribution in [2.75, 3.05) is 6.54 Å². The Balaban J connectivity index is 2.59. The van der Waals surface area contributed by atoms with Gasteiger partial charge in [0.1, 0.15) is 0 Å². The number of carbonyl (C=O) groups excluding carboxylic acids is 1. The molecule has 0 fully saturated rings. The molecule has 0 aromatic carbocycles. The minimum atomic E-state index is -0.580. The summed E-state index contributed by atoms with van der Waals surface area (Å²) in [4.78, 5) is 15.3. The van der Waals surface area contributed by atoms with Crippen molar-refractivity contribution in [1.82, 2.24) is 10.3 Å². The second kappa shape index (κ2) is 4.13. The van der Waals surface area contributed by atoms with E-state index in [2.05, 4.69) is 16.4 Å². The smallest absolute Gasteiger partial charge is 0.289 e. The molecule has 5 heteroatoms. The first-order valence-electron chi connectivity index (χ1n) is 4.56. The molecule has 0 atom stereocenters. The summed E-state index contributed by atoms with van der Waals surface area (Å²) in [5.41, 5.74) is -0.0360. The number of nitrogens with zero attached hydrogens (tertiary/aromatic N) is 2. The second-order valence-electron chi connectivity index (χ2n) is 3.95. The SMILES string of the molecule is Cc1ncoc1C(=O)NCC(C)(C)C#N. The number of aryl methyl sites for hydroxylation is 1. The molecule has 80 valence electrons. The number of oxazole rings is 1. The maximum absolute atomic E-state index is 11.5. The van der Waals surface area contributed by atoms with Crippen LogP contribution in [0.15, 0.2) is 10.8 Å². The molecule has 1 aromatic heterocycles. The molecule has 0 bridgehead atoms. The number of hydrogen-bond donors (Lipinski definition) is 1. The maximum atomic E-state index is 11.5. The van der Waals surface area contributed by atoms with Crippen LogP contribution in [0.2, 0.25) is 0 Å². The van der Waals surface area contributed by atoms with Gasteiger partial charge in [-0.25, -0.2) is 4.98 Å². The minimum absolute atomic E-state index is 0.198. The summed E-state index contributed by atoms with van der Waals surface area (Å²) >= 11 is 0. The van der Waals surface area contributed by atoms with E-state index < -0.39 is 5.41 Å². The highest BCUT2D eigenvalue weighted by Crippen LogP contribution is 2.11. The Bertz CT molecular complexity index is 401. The lowest BCUT2D eigenvalue weighted by atomic mass is 9.96. The van der Waals surface area contributed by atoms with Crippen LogP contribution in [0, 0.1) is 23.7 Å². The standard InChI is InChI=1S/C10H13N3O2/c1-7-8(15-6-13-7)9(14)12-5-10(2,3)4-11/h6H,5H2,1-3H3,(H,12,14). The maximum Gasteiger partial charge on any atom is 0.289 e. The van der Waals surface area contributed by atoms with Crippen LogP contribution in [0.25, 0.3) is 0 Å². The zero-order chi connectivity index (χ0) is 11.5. The third kappa shape index (κ3) is 2.81. The molecular weight excluding hydrogens is 194 g/mol. The Morgan fingerprint density at radius 3 is 2.87 bits per heavy atom. The fourth-order valence-electron chi connectivity index (χ4n) is 0.941. The van der Waals surface area contributed by atoms with Crippen molar-refractivity contribution in [2.45, 2.75) is 20.8 Å². The predicted octanol–water partition coefficient (Wildman–Crippen LogP) is 1.26. The molecule has 0 saturated carbocycles. The summed E-state index contributed by atoms with van der Waals surface area (Å²) in [5.74, 6) is -0.142. The van der Waals surface area contributed by atoms with Gasteiger partial charge in [-0.05, 0) is 20.8 Å². The van der Waals surface area contributed by atoms with Crippen LogP contribution >= 0.6 is 0 Å². The highest BCUT2D eigenvalue weighted by Gasteiger charge is 2.20. The van der Waals surface area contributed by atoms with Gasteiger partial charge >= 0.3 is 0 Å². The summed E-state index contributed by atoms with van der Waals surface area (Å²) in [7, 11) is 0. The summed E-state index contributed by atoms with van der Waals surface area (Å²) in [6.07, 6.45) is 1.22. The van der Waals surface area contributed by atoms with Crippen LogP contribution in [-0.4, -0.2) is 17.4 Å². The van der Waals surface area contributed by atoms with E-state index in [1.165, 1.54) is 6.39 Å². The molecule has 15 heavy (non-hydrogen) atoms. The summed E-state index contributed by atoms with van der Waals surface area (Å²) in [5, 5.41) is 11.4. The summed E-state index contributed by atoms with van der Waals surface area (Å²) in [6, 6.07) is 2.10. The second-order valence-corrected chi connectivity index (χ2v) is 3.95. The summed E-state index contributed by atoms with van der Waals surface area (Å²) < 4.78 is 4.92. The molecule has 5 nitrogen and oxygen atoms in total. The largest absolute Gasteiger partial charge is 0.438 e. The zero-order valence-electron chi connectivity index (χ0n) is 9.00. The van der Waals surface area contributed by atoms with Gasteiger partial charge in [0, 0.05) is 6.54 Å².